The van der Waals surface area contributed by atoms with E-state index in [-0.39, 0.29) is 17.3 Å². The number of allylic oxidation sites excluding steroid dienone is 2. The van der Waals surface area contributed by atoms with Crippen molar-refractivity contribution in [3.63, 3.8) is 0 Å². The van der Waals surface area contributed by atoms with Gasteiger partial charge in [-0.05, 0) is 66.8 Å². The number of rotatable bonds is 3. The number of non-ortho nitro benzene ring substituents is 1. The quantitative estimate of drug-likeness (QED) is 0.452. The Morgan fingerprint density at radius 3 is 1.84 bits per heavy atom. The zero-order valence-corrected chi connectivity index (χ0v) is 13.4. The van der Waals surface area contributed by atoms with Crippen LogP contribution in [0.1, 0.15) is 30.4 Å². The van der Waals surface area contributed by atoms with Crippen LogP contribution in [0, 0.1) is 15.9 Å². The monoisotopic (exact) mass is 337 g/mol. The molecular formula is C20H16FNO3. The first-order valence-electron chi connectivity index (χ1n) is 7.99. The number of ketones is 1. The number of nitro groups is 1. The fourth-order valence-corrected chi connectivity index (χ4v) is 2.83. The van der Waals surface area contributed by atoms with Gasteiger partial charge in [-0.15, -0.1) is 0 Å². The molecule has 0 radical (unpaired) electrons. The minimum Gasteiger partial charge on any atom is -0.289 e. The summed E-state index contributed by atoms with van der Waals surface area (Å²) in [5.41, 5.74) is 2.96. The SMILES string of the molecule is O=C1/C(=C/c2ccc(F)cc2)CCC/C1=C\c1ccc([N+](=O)[O-])cc1. The van der Waals surface area contributed by atoms with Crippen molar-refractivity contribution in [2.24, 2.45) is 0 Å². The molecule has 0 aliphatic heterocycles. The first kappa shape index (κ1) is 16.8. The van der Waals surface area contributed by atoms with Crippen molar-refractivity contribution >= 4 is 23.6 Å². The first-order chi connectivity index (χ1) is 12.0. The Bertz CT molecular complexity index is 865. The van der Waals surface area contributed by atoms with Crippen molar-refractivity contribution in [2.45, 2.75) is 19.3 Å². The van der Waals surface area contributed by atoms with Gasteiger partial charge in [0.25, 0.3) is 5.69 Å². The van der Waals surface area contributed by atoms with E-state index in [4.69, 9.17) is 0 Å². The summed E-state index contributed by atoms with van der Waals surface area (Å²) < 4.78 is 13.0. The third-order valence-corrected chi connectivity index (χ3v) is 4.13. The number of hydrogen-bond donors (Lipinski definition) is 0. The lowest BCUT2D eigenvalue weighted by Gasteiger charge is -2.16. The van der Waals surface area contributed by atoms with E-state index in [1.165, 1.54) is 24.3 Å². The number of nitro benzene ring substituents is 1. The topological polar surface area (TPSA) is 60.2 Å². The van der Waals surface area contributed by atoms with Crippen LogP contribution in [0.15, 0.2) is 59.7 Å². The van der Waals surface area contributed by atoms with Crippen LogP contribution in [0.4, 0.5) is 10.1 Å². The maximum absolute atomic E-state index is 13.0. The van der Waals surface area contributed by atoms with Crippen molar-refractivity contribution in [2.75, 3.05) is 0 Å². The molecule has 0 aromatic heterocycles. The van der Waals surface area contributed by atoms with E-state index in [0.29, 0.717) is 24.0 Å². The normalized spacial score (nSPS) is 17.9. The minimum atomic E-state index is -0.452. The Morgan fingerprint density at radius 1 is 0.880 bits per heavy atom. The second kappa shape index (κ2) is 7.21. The molecule has 126 valence electrons. The molecule has 0 N–H and O–H groups in total. The smallest absolute Gasteiger partial charge is 0.269 e. The Labute approximate surface area is 144 Å². The van der Waals surface area contributed by atoms with Crippen LogP contribution >= 0.6 is 0 Å². The lowest BCUT2D eigenvalue weighted by molar-refractivity contribution is -0.384. The van der Waals surface area contributed by atoms with Gasteiger partial charge in [0.1, 0.15) is 5.82 Å². The molecule has 0 saturated heterocycles. The molecule has 0 amide bonds. The third-order valence-electron chi connectivity index (χ3n) is 4.13. The highest BCUT2D eigenvalue weighted by Gasteiger charge is 2.20. The van der Waals surface area contributed by atoms with Gasteiger partial charge in [0.2, 0.25) is 0 Å². The first-order valence-corrected chi connectivity index (χ1v) is 7.99. The van der Waals surface area contributed by atoms with Gasteiger partial charge in [-0.3, -0.25) is 14.9 Å². The largest absolute Gasteiger partial charge is 0.289 e. The standard InChI is InChI=1S/C20H16FNO3/c21-18-8-4-14(5-9-18)12-16-2-1-3-17(20(16)23)13-15-6-10-19(11-7-15)22(24)25/h4-13H,1-3H2/b16-12+,17-13+. The van der Waals surface area contributed by atoms with E-state index in [1.54, 1.807) is 36.4 Å². The van der Waals surface area contributed by atoms with Crippen LogP contribution in [0.3, 0.4) is 0 Å². The van der Waals surface area contributed by atoms with Gasteiger partial charge >= 0.3 is 0 Å². The van der Waals surface area contributed by atoms with Gasteiger partial charge in [-0.25, -0.2) is 4.39 Å². The molecule has 3 rings (SSSR count). The predicted octanol–water partition coefficient (Wildman–Crippen LogP) is 4.95. The highest BCUT2D eigenvalue weighted by atomic mass is 19.1. The molecule has 25 heavy (non-hydrogen) atoms. The van der Waals surface area contributed by atoms with Crippen molar-refractivity contribution in [1.29, 1.82) is 0 Å². The summed E-state index contributed by atoms with van der Waals surface area (Å²) in [5.74, 6) is -0.329. The second-order valence-electron chi connectivity index (χ2n) is 5.92. The molecular weight excluding hydrogens is 321 g/mol. The molecule has 0 heterocycles. The molecule has 1 aliphatic rings. The average molecular weight is 337 g/mol. The van der Waals surface area contributed by atoms with Gasteiger partial charge in [0.15, 0.2) is 5.78 Å². The predicted molar refractivity (Wildman–Crippen MR) is 94.3 cm³/mol. The van der Waals surface area contributed by atoms with E-state index >= 15 is 0 Å². The van der Waals surface area contributed by atoms with Crippen LogP contribution in [0.2, 0.25) is 0 Å². The lowest BCUT2D eigenvalue weighted by atomic mass is 9.87. The second-order valence-corrected chi connectivity index (χ2v) is 5.92. The summed E-state index contributed by atoms with van der Waals surface area (Å²) in [6.45, 7) is 0. The number of Topliss-reactive ketones (excluding diaryl/α,β-unsaturated/α-hetero) is 1. The van der Waals surface area contributed by atoms with E-state index in [0.717, 1.165) is 17.5 Å². The summed E-state index contributed by atoms with van der Waals surface area (Å²) >= 11 is 0. The van der Waals surface area contributed by atoms with Crippen molar-refractivity contribution < 1.29 is 14.1 Å². The number of hydrogen-bond acceptors (Lipinski definition) is 3. The van der Waals surface area contributed by atoms with Crippen LogP contribution < -0.4 is 0 Å². The van der Waals surface area contributed by atoms with Gasteiger partial charge in [-0.1, -0.05) is 12.1 Å². The van der Waals surface area contributed by atoms with Gasteiger partial charge in [-0.2, -0.15) is 0 Å². The van der Waals surface area contributed by atoms with Crippen molar-refractivity contribution in [3.05, 3.63) is 86.7 Å². The summed E-state index contributed by atoms with van der Waals surface area (Å²) in [4.78, 5) is 22.9. The molecule has 2 aromatic rings. The molecule has 0 atom stereocenters. The number of carbonyl (C=O) groups excluding carboxylic acids is 1. The van der Waals surface area contributed by atoms with E-state index < -0.39 is 4.92 Å². The number of benzene rings is 2. The zero-order valence-electron chi connectivity index (χ0n) is 13.4. The maximum atomic E-state index is 13.0. The summed E-state index contributed by atoms with van der Waals surface area (Å²) in [5, 5.41) is 10.7. The minimum absolute atomic E-state index is 0.0195. The van der Waals surface area contributed by atoms with E-state index in [2.05, 4.69) is 0 Å². The molecule has 0 bridgehead atoms. The lowest BCUT2D eigenvalue weighted by Crippen LogP contribution is -2.12. The zero-order chi connectivity index (χ0) is 17.8. The number of halogens is 1. The Balaban J connectivity index is 1.84. The summed E-state index contributed by atoms with van der Waals surface area (Å²) in [6, 6.07) is 12.1. The summed E-state index contributed by atoms with van der Waals surface area (Å²) in [6.07, 6.45) is 5.80. The Hall–Kier alpha value is -3.08. The molecule has 2 aromatic carbocycles. The van der Waals surface area contributed by atoms with Crippen LogP contribution in [0.5, 0.6) is 0 Å². The van der Waals surface area contributed by atoms with Gasteiger partial charge < -0.3 is 0 Å². The molecule has 1 fully saturated rings. The van der Waals surface area contributed by atoms with E-state index in [9.17, 15) is 19.3 Å². The summed E-state index contributed by atoms with van der Waals surface area (Å²) in [7, 11) is 0. The molecule has 5 heteroatoms. The van der Waals surface area contributed by atoms with Crippen LogP contribution in [-0.2, 0) is 4.79 Å². The molecule has 0 unspecified atom stereocenters. The van der Waals surface area contributed by atoms with Crippen molar-refractivity contribution in [3.8, 4) is 0 Å². The van der Waals surface area contributed by atoms with Gasteiger partial charge in [0.05, 0.1) is 4.92 Å². The molecule has 4 nitrogen and oxygen atoms in total. The van der Waals surface area contributed by atoms with E-state index in [1.807, 2.05) is 0 Å². The maximum Gasteiger partial charge on any atom is 0.269 e. The van der Waals surface area contributed by atoms with Crippen LogP contribution in [-0.4, -0.2) is 10.7 Å². The molecule has 1 saturated carbocycles. The Morgan fingerprint density at radius 2 is 1.36 bits per heavy atom. The third kappa shape index (κ3) is 4.07. The number of carbonyl (C=O) groups is 1. The molecule has 0 spiro atoms. The molecule has 1 aliphatic carbocycles. The van der Waals surface area contributed by atoms with Crippen molar-refractivity contribution in [1.82, 2.24) is 0 Å². The van der Waals surface area contributed by atoms with Crippen LogP contribution in [0.25, 0.3) is 12.2 Å². The fourth-order valence-electron chi connectivity index (χ4n) is 2.83. The highest BCUT2D eigenvalue weighted by molar-refractivity contribution is 6.13. The Kier molecular flexibility index (Phi) is 4.84. The fraction of sp³-hybridized carbons (Fsp3) is 0.150. The average Bonchev–Trinajstić information content (AvgIpc) is 2.61. The number of nitrogens with zero attached hydrogens (tertiary/aromatic N) is 1. The van der Waals surface area contributed by atoms with Gasteiger partial charge in [0, 0.05) is 23.3 Å². The highest BCUT2D eigenvalue weighted by Crippen LogP contribution is 2.28.